The summed E-state index contributed by atoms with van der Waals surface area (Å²) in [7, 11) is 0. The molecule has 0 bridgehead atoms. The minimum absolute atomic E-state index is 0.0327. The standard InChI is InChI=1S/C27H18N2O7/c30-25(17-6-4-7-19(16-17)29(33)34)23-24(22-10-5-15-35-22)28(27(32)26(23)31)18-11-13-21(14-12-18)36-20-8-2-1-3-9-20/h1-16,24,30H/b25-23-. The maximum atomic E-state index is 13.2. The predicted octanol–water partition coefficient (Wildman–Crippen LogP) is 5.61. The first-order valence-corrected chi connectivity index (χ1v) is 10.9. The molecule has 1 amide bonds. The molecule has 9 heteroatoms. The number of nitrogens with zero attached hydrogens (tertiary/aromatic N) is 2. The lowest BCUT2D eigenvalue weighted by molar-refractivity contribution is -0.384. The number of benzene rings is 3. The summed E-state index contributed by atoms with van der Waals surface area (Å²) >= 11 is 0. The molecular weight excluding hydrogens is 464 g/mol. The number of para-hydroxylation sites is 1. The van der Waals surface area contributed by atoms with Crippen LogP contribution in [-0.4, -0.2) is 21.7 Å². The molecule has 0 radical (unpaired) electrons. The highest BCUT2D eigenvalue weighted by atomic mass is 16.6. The van der Waals surface area contributed by atoms with E-state index in [4.69, 9.17) is 9.15 Å². The minimum Gasteiger partial charge on any atom is -0.507 e. The topological polar surface area (TPSA) is 123 Å². The van der Waals surface area contributed by atoms with Crippen molar-refractivity contribution in [3.05, 3.63) is 124 Å². The molecule has 3 aromatic carbocycles. The van der Waals surface area contributed by atoms with Crippen molar-refractivity contribution in [3.8, 4) is 11.5 Å². The smallest absolute Gasteiger partial charge is 0.300 e. The van der Waals surface area contributed by atoms with Gasteiger partial charge in [0.25, 0.3) is 17.4 Å². The van der Waals surface area contributed by atoms with Gasteiger partial charge in [-0.15, -0.1) is 0 Å². The number of ether oxygens (including phenoxy) is 1. The maximum Gasteiger partial charge on any atom is 0.300 e. The number of furan rings is 1. The molecule has 1 saturated heterocycles. The van der Waals surface area contributed by atoms with Crippen LogP contribution in [0.5, 0.6) is 11.5 Å². The molecule has 1 atom stereocenters. The fourth-order valence-corrected chi connectivity index (χ4v) is 4.04. The molecule has 1 aliphatic rings. The van der Waals surface area contributed by atoms with Crippen molar-refractivity contribution < 1.29 is 28.8 Å². The fraction of sp³-hybridized carbons (Fsp3) is 0.0370. The number of carbonyl (C=O) groups is 2. The third kappa shape index (κ3) is 4.09. The SMILES string of the molecule is O=C1C(=O)N(c2ccc(Oc3ccccc3)cc2)C(c2ccco2)/C1=C(/O)c1cccc([N+](=O)[O-])c1. The van der Waals surface area contributed by atoms with E-state index in [9.17, 15) is 24.8 Å². The Kier molecular flexibility index (Phi) is 5.79. The van der Waals surface area contributed by atoms with Crippen molar-refractivity contribution in [2.24, 2.45) is 0 Å². The summed E-state index contributed by atoms with van der Waals surface area (Å²) < 4.78 is 11.3. The Morgan fingerprint density at radius 1 is 0.917 bits per heavy atom. The average molecular weight is 482 g/mol. The van der Waals surface area contributed by atoms with E-state index >= 15 is 0 Å². The predicted molar refractivity (Wildman–Crippen MR) is 130 cm³/mol. The van der Waals surface area contributed by atoms with Gasteiger partial charge in [0.05, 0.1) is 16.8 Å². The van der Waals surface area contributed by atoms with Gasteiger partial charge < -0.3 is 14.3 Å². The van der Waals surface area contributed by atoms with Gasteiger partial charge in [-0.25, -0.2) is 0 Å². The Labute approximate surface area is 204 Å². The zero-order valence-corrected chi connectivity index (χ0v) is 18.6. The van der Waals surface area contributed by atoms with Crippen molar-refractivity contribution in [2.75, 3.05) is 4.90 Å². The van der Waals surface area contributed by atoms with Crippen LogP contribution in [0.15, 0.2) is 107 Å². The van der Waals surface area contributed by atoms with E-state index in [1.54, 1.807) is 48.5 Å². The maximum absolute atomic E-state index is 13.2. The number of aliphatic hydroxyl groups excluding tert-OH is 1. The number of carbonyl (C=O) groups excluding carboxylic acids is 2. The summed E-state index contributed by atoms with van der Waals surface area (Å²) in [5.74, 6) is -0.952. The van der Waals surface area contributed by atoms with Gasteiger partial charge in [-0.1, -0.05) is 30.3 Å². The third-order valence-electron chi connectivity index (χ3n) is 5.68. The molecule has 1 aliphatic heterocycles. The van der Waals surface area contributed by atoms with E-state index in [0.717, 1.165) is 6.07 Å². The number of hydrogen-bond donors (Lipinski definition) is 1. The van der Waals surface area contributed by atoms with E-state index in [1.807, 2.05) is 18.2 Å². The van der Waals surface area contributed by atoms with E-state index in [2.05, 4.69) is 0 Å². The number of anilines is 1. The van der Waals surface area contributed by atoms with Gasteiger partial charge in [0.1, 0.15) is 29.1 Å². The van der Waals surface area contributed by atoms with Crippen LogP contribution in [0.25, 0.3) is 5.76 Å². The molecule has 36 heavy (non-hydrogen) atoms. The Hall–Kier alpha value is -5.18. The first-order chi connectivity index (χ1) is 17.4. The highest BCUT2D eigenvalue weighted by Crippen LogP contribution is 2.43. The lowest BCUT2D eigenvalue weighted by Crippen LogP contribution is -2.29. The molecule has 0 spiro atoms. The van der Waals surface area contributed by atoms with Gasteiger partial charge in [-0.3, -0.25) is 24.6 Å². The number of hydrogen-bond acceptors (Lipinski definition) is 7. The van der Waals surface area contributed by atoms with Crippen molar-refractivity contribution in [1.82, 2.24) is 0 Å². The van der Waals surface area contributed by atoms with Gasteiger partial charge >= 0.3 is 0 Å². The quantitative estimate of drug-likeness (QED) is 0.125. The Morgan fingerprint density at radius 2 is 1.64 bits per heavy atom. The number of ketones is 1. The van der Waals surface area contributed by atoms with Gasteiger partial charge in [0.2, 0.25) is 0 Å². The summed E-state index contributed by atoms with van der Waals surface area (Å²) in [4.78, 5) is 38.1. The minimum atomic E-state index is -1.08. The number of non-ortho nitro benzene ring substituents is 1. The molecule has 4 aromatic rings. The molecule has 1 aromatic heterocycles. The number of rotatable bonds is 6. The van der Waals surface area contributed by atoms with Gasteiger partial charge in [-0.05, 0) is 48.5 Å². The summed E-state index contributed by atoms with van der Waals surface area (Å²) in [5.41, 5.74) is -0.0979. The zero-order valence-electron chi connectivity index (χ0n) is 18.6. The lowest BCUT2D eigenvalue weighted by atomic mass is 9.99. The summed E-state index contributed by atoms with van der Waals surface area (Å²) in [6, 6.07) is 23.0. The lowest BCUT2D eigenvalue weighted by Gasteiger charge is -2.23. The monoisotopic (exact) mass is 482 g/mol. The van der Waals surface area contributed by atoms with Crippen LogP contribution in [-0.2, 0) is 9.59 Å². The summed E-state index contributed by atoms with van der Waals surface area (Å²) in [6.45, 7) is 0. The van der Waals surface area contributed by atoms with Crippen LogP contribution >= 0.6 is 0 Å². The van der Waals surface area contributed by atoms with Crippen LogP contribution in [0.3, 0.4) is 0 Å². The Balaban J connectivity index is 1.56. The van der Waals surface area contributed by atoms with Crippen molar-refractivity contribution >= 4 is 28.8 Å². The highest BCUT2D eigenvalue weighted by Gasteiger charge is 2.48. The number of aliphatic hydroxyl groups is 1. The molecule has 5 rings (SSSR count). The first-order valence-electron chi connectivity index (χ1n) is 10.9. The largest absolute Gasteiger partial charge is 0.507 e. The molecule has 178 valence electrons. The summed E-state index contributed by atoms with van der Waals surface area (Å²) in [5, 5.41) is 22.3. The third-order valence-corrected chi connectivity index (χ3v) is 5.68. The zero-order chi connectivity index (χ0) is 25.2. The van der Waals surface area contributed by atoms with Crippen LogP contribution in [0.4, 0.5) is 11.4 Å². The fourth-order valence-electron chi connectivity index (χ4n) is 4.04. The number of Topliss-reactive ketones (excluding diaryl/α,β-unsaturated/α-hetero) is 1. The molecule has 0 saturated carbocycles. The van der Waals surface area contributed by atoms with Crippen LogP contribution in [0.2, 0.25) is 0 Å². The van der Waals surface area contributed by atoms with Crippen LogP contribution in [0.1, 0.15) is 17.4 Å². The van der Waals surface area contributed by atoms with E-state index in [0.29, 0.717) is 17.2 Å². The van der Waals surface area contributed by atoms with Crippen molar-refractivity contribution in [3.63, 3.8) is 0 Å². The molecule has 2 heterocycles. The second-order valence-electron chi connectivity index (χ2n) is 7.90. The second kappa shape index (κ2) is 9.22. The van der Waals surface area contributed by atoms with Crippen molar-refractivity contribution in [2.45, 2.75) is 6.04 Å². The second-order valence-corrected chi connectivity index (χ2v) is 7.90. The molecule has 1 N–H and O–H groups in total. The number of nitro groups is 1. The van der Waals surface area contributed by atoms with Gasteiger partial charge in [0, 0.05) is 23.4 Å². The number of amides is 1. The van der Waals surface area contributed by atoms with Crippen molar-refractivity contribution in [1.29, 1.82) is 0 Å². The van der Waals surface area contributed by atoms with Gasteiger partial charge in [0.15, 0.2) is 0 Å². The highest BCUT2D eigenvalue weighted by molar-refractivity contribution is 6.51. The molecule has 9 nitrogen and oxygen atoms in total. The van der Waals surface area contributed by atoms with E-state index < -0.39 is 28.4 Å². The van der Waals surface area contributed by atoms with Gasteiger partial charge in [-0.2, -0.15) is 0 Å². The van der Waals surface area contributed by atoms with Crippen LogP contribution in [0, 0.1) is 10.1 Å². The summed E-state index contributed by atoms with van der Waals surface area (Å²) in [6.07, 6.45) is 1.39. The Bertz CT molecular complexity index is 1480. The molecule has 0 aliphatic carbocycles. The molecular formula is C27H18N2O7. The van der Waals surface area contributed by atoms with E-state index in [-0.39, 0.29) is 22.6 Å². The average Bonchev–Trinajstić information content (AvgIpc) is 3.52. The Morgan fingerprint density at radius 3 is 2.31 bits per heavy atom. The first kappa shape index (κ1) is 22.6. The normalized spacial score (nSPS) is 16.8. The molecule has 1 fully saturated rings. The number of nitro benzene ring substituents is 1. The van der Waals surface area contributed by atoms with E-state index in [1.165, 1.54) is 29.4 Å². The van der Waals surface area contributed by atoms with Crippen LogP contribution < -0.4 is 9.64 Å². The molecule has 1 unspecified atom stereocenters.